The number of aromatic nitrogens is 2. The third-order valence-corrected chi connectivity index (χ3v) is 1.94. The number of H-pyrrole nitrogens is 1. The van der Waals surface area contributed by atoms with Crippen molar-refractivity contribution < 1.29 is 14.3 Å². The summed E-state index contributed by atoms with van der Waals surface area (Å²) in [5.41, 5.74) is 2.03. The molecule has 0 fully saturated rings. The highest BCUT2D eigenvalue weighted by Crippen LogP contribution is 2.08. The van der Waals surface area contributed by atoms with E-state index in [1.54, 1.807) is 13.0 Å². The van der Waals surface area contributed by atoms with Crippen LogP contribution < -0.4 is 10.7 Å². The zero-order valence-electron chi connectivity index (χ0n) is 10.4. The first-order valence-corrected chi connectivity index (χ1v) is 5.30. The summed E-state index contributed by atoms with van der Waals surface area (Å²) in [4.78, 5) is 29.1. The van der Waals surface area contributed by atoms with E-state index in [9.17, 15) is 9.59 Å². The minimum absolute atomic E-state index is 0.0939. The van der Waals surface area contributed by atoms with Gasteiger partial charge in [-0.1, -0.05) is 0 Å². The van der Waals surface area contributed by atoms with Crippen molar-refractivity contribution in [3.63, 3.8) is 0 Å². The van der Waals surface area contributed by atoms with E-state index in [1.165, 1.54) is 13.4 Å². The second kappa shape index (κ2) is 6.75. The third kappa shape index (κ3) is 3.53. The van der Waals surface area contributed by atoms with Gasteiger partial charge in [0.15, 0.2) is 5.82 Å². The Labute approximate surface area is 108 Å². The second-order valence-electron chi connectivity index (χ2n) is 3.11. The number of rotatable bonds is 5. The van der Waals surface area contributed by atoms with Crippen molar-refractivity contribution in [2.45, 2.75) is 6.92 Å². The summed E-state index contributed by atoms with van der Waals surface area (Å²) in [5, 5.41) is 14.7. The van der Waals surface area contributed by atoms with Crippen LogP contribution in [-0.2, 0) is 9.53 Å². The van der Waals surface area contributed by atoms with E-state index in [-0.39, 0.29) is 18.1 Å². The molecule has 0 saturated heterocycles. The van der Waals surface area contributed by atoms with Gasteiger partial charge in [-0.15, -0.1) is 0 Å². The van der Waals surface area contributed by atoms with Crippen LogP contribution in [0.5, 0.6) is 0 Å². The highest BCUT2D eigenvalue weighted by Gasteiger charge is 2.15. The molecule has 0 atom stereocenters. The van der Waals surface area contributed by atoms with Crippen LogP contribution in [0.15, 0.2) is 11.4 Å². The van der Waals surface area contributed by atoms with Crippen molar-refractivity contribution in [1.82, 2.24) is 15.3 Å². The van der Waals surface area contributed by atoms with Crippen LogP contribution >= 0.6 is 0 Å². The summed E-state index contributed by atoms with van der Waals surface area (Å²) >= 11 is 0. The molecular weight excluding hydrogens is 252 g/mol. The van der Waals surface area contributed by atoms with Gasteiger partial charge in [0, 0.05) is 7.05 Å². The Balaban J connectivity index is 2.85. The Morgan fingerprint density at radius 3 is 2.95 bits per heavy atom. The van der Waals surface area contributed by atoms with Crippen LogP contribution in [0.25, 0.3) is 0 Å². The molecule has 3 N–H and O–H groups in total. The standard InChI is InChI=1S/C10H12N6O3/c1-3-19-10(18)6(4-11)15-16-8-7(9(17)12-2)13-5-14-8/h5,16H,3H2,1-2H3,(H,12,17)(H,13,14)/b15-6-. The number of carbonyl (C=O) groups is 2. The summed E-state index contributed by atoms with van der Waals surface area (Å²) in [6.45, 7) is 1.74. The van der Waals surface area contributed by atoms with Gasteiger partial charge in [-0.05, 0) is 6.92 Å². The maximum atomic E-state index is 11.4. The number of carbonyl (C=O) groups excluding carboxylic acids is 2. The molecule has 0 spiro atoms. The first kappa shape index (κ1) is 14.2. The molecule has 0 aliphatic rings. The summed E-state index contributed by atoms with van der Waals surface area (Å²) < 4.78 is 4.62. The van der Waals surface area contributed by atoms with Crippen molar-refractivity contribution in [3.8, 4) is 6.07 Å². The Kier molecular flexibility index (Phi) is 5.04. The lowest BCUT2D eigenvalue weighted by molar-refractivity contribution is -0.134. The van der Waals surface area contributed by atoms with Gasteiger partial charge < -0.3 is 15.0 Å². The molecule has 0 radical (unpaired) electrons. The maximum absolute atomic E-state index is 11.4. The quantitative estimate of drug-likeness (QED) is 0.377. The van der Waals surface area contributed by atoms with E-state index in [0.717, 1.165) is 0 Å². The van der Waals surface area contributed by atoms with Gasteiger partial charge in [-0.3, -0.25) is 10.2 Å². The van der Waals surface area contributed by atoms with E-state index >= 15 is 0 Å². The van der Waals surface area contributed by atoms with Crippen LogP contribution in [-0.4, -0.2) is 41.2 Å². The van der Waals surface area contributed by atoms with E-state index in [0.29, 0.717) is 0 Å². The van der Waals surface area contributed by atoms with E-state index < -0.39 is 17.6 Å². The fourth-order valence-electron chi connectivity index (χ4n) is 1.10. The number of hydrazone groups is 1. The molecule has 1 heterocycles. The van der Waals surface area contributed by atoms with Crippen LogP contribution in [0.4, 0.5) is 5.82 Å². The summed E-state index contributed by atoms with van der Waals surface area (Å²) in [5.74, 6) is -1.17. The van der Waals surface area contributed by atoms with Crippen molar-refractivity contribution >= 4 is 23.4 Å². The summed E-state index contributed by atoms with van der Waals surface area (Å²) in [7, 11) is 1.45. The van der Waals surface area contributed by atoms with Crippen LogP contribution in [0.2, 0.25) is 0 Å². The number of nitrogens with zero attached hydrogens (tertiary/aromatic N) is 3. The zero-order chi connectivity index (χ0) is 14.3. The largest absolute Gasteiger partial charge is 0.461 e. The van der Waals surface area contributed by atoms with Crippen LogP contribution in [0.3, 0.4) is 0 Å². The zero-order valence-corrected chi connectivity index (χ0v) is 10.4. The average Bonchev–Trinajstić information content (AvgIpc) is 2.87. The van der Waals surface area contributed by atoms with Gasteiger partial charge in [-0.25, -0.2) is 9.78 Å². The van der Waals surface area contributed by atoms with Gasteiger partial charge in [0.1, 0.15) is 11.8 Å². The lowest BCUT2D eigenvalue weighted by Gasteiger charge is -2.01. The number of esters is 1. The highest BCUT2D eigenvalue weighted by molar-refractivity contribution is 6.43. The first-order chi connectivity index (χ1) is 9.13. The van der Waals surface area contributed by atoms with Crippen molar-refractivity contribution in [1.29, 1.82) is 5.26 Å². The number of amides is 1. The monoisotopic (exact) mass is 264 g/mol. The topological polar surface area (TPSA) is 132 Å². The number of nitrogens with one attached hydrogen (secondary N) is 3. The normalized spacial score (nSPS) is 10.5. The molecule has 0 unspecified atom stereocenters. The number of hydrogen-bond donors (Lipinski definition) is 3. The lowest BCUT2D eigenvalue weighted by Crippen LogP contribution is -2.20. The lowest BCUT2D eigenvalue weighted by atomic mass is 10.4. The minimum atomic E-state index is -0.852. The van der Waals surface area contributed by atoms with Crippen molar-refractivity contribution in [2.75, 3.05) is 19.1 Å². The Bertz CT molecular complexity index is 542. The molecule has 0 bridgehead atoms. The van der Waals surface area contributed by atoms with Gasteiger partial charge in [0.2, 0.25) is 5.71 Å². The van der Waals surface area contributed by atoms with Crippen LogP contribution in [0, 0.1) is 11.3 Å². The highest BCUT2D eigenvalue weighted by atomic mass is 16.5. The minimum Gasteiger partial charge on any atom is -0.461 e. The van der Waals surface area contributed by atoms with Gasteiger partial charge in [-0.2, -0.15) is 10.4 Å². The smallest absolute Gasteiger partial charge is 0.369 e. The molecule has 9 heteroatoms. The SMILES string of the molecule is CCOC(=O)/C(C#N)=N\Nc1nc[nH]c1C(=O)NC. The van der Waals surface area contributed by atoms with Gasteiger partial charge in [0.25, 0.3) is 5.91 Å². The molecule has 1 amide bonds. The van der Waals surface area contributed by atoms with Gasteiger partial charge >= 0.3 is 5.97 Å². The number of imidazole rings is 1. The molecule has 9 nitrogen and oxygen atoms in total. The van der Waals surface area contributed by atoms with Gasteiger partial charge in [0.05, 0.1) is 12.9 Å². The van der Waals surface area contributed by atoms with Crippen LogP contribution in [0.1, 0.15) is 17.4 Å². The fraction of sp³-hybridized carbons (Fsp3) is 0.300. The van der Waals surface area contributed by atoms with E-state index in [2.05, 4.69) is 30.5 Å². The fourth-order valence-corrected chi connectivity index (χ4v) is 1.10. The van der Waals surface area contributed by atoms with E-state index in [4.69, 9.17) is 5.26 Å². The number of ether oxygens (including phenoxy) is 1. The number of nitriles is 1. The van der Waals surface area contributed by atoms with E-state index in [1.807, 2.05) is 0 Å². The summed E-state index contributed by atoms with van der Waals surface area (Å²) in [6, 6.07) is 1.59. The Morgan fingerprint density at radius 1 is 1.63 bits per heavy atom. The number of anilines is 1. The van der Waals surface area contributed by atoms with Crippen molar-refractivity contribution in [3.05, 3.63) is 12.0 Å². The number of hydrogen-bond acceptors (Lipinski definition) is 7. The predicted octanol–water partition coefficient (Wildman–Crippen LogP) is -0.376. The molecule has 1 rings (SSSR count). The molecule has 0 aliphatic heterocycles. The first-order valence-electron chi connectivity index (χ1n) is 5.30. The molecule has 1 aromatic rings. The molecule has 100 valence electrons. The Morgan fingerprint density at radius 2 is 2.37 bits per heavy atom. The second-order valence-corrected chi connectivity index (χ2v) is 3.11. The summed E-state index contributed by atoms with van der Waals surface area (Å²) in [6.07, 6.45) is 1.28. The van der Waals surface area contributed by atoms with Crippen molar-refractivity contribution in [2.24, 2.45) is 5.10 Å². The molecular formula is C10H12N6O3. The third-order valence-electron chi connectivity index (χ3n) is 1.94. The average molecular weight is 264 g/mol. The Hall–Kier alpha value is -2.89. The molecule has 19 heavy (non-hydrogen) atoms. The maximum Gasteiger partial charge on any atom is 0.369 e. The molecule has 0 saturated carbocycles. The molecule has 0 aliphatic carbocycles. The number of aromatic amines is 1. The molecule has 1 aromatic heterocycles. The molecule has 0 aromatic carbocycles. The predicted molar refractivity (Wildman–Crippen MR) is 65.3 cm³/mol.